The zero-order valence-electron chi connectivity index (χ0n) is 12.3. The standard InChI is InChI=1S/C15H12F3NO4S/c1-2-23-15(20)9-6-7-10(16)13(8-9)19-24(21,22)14-11(17)4-3-5-12(14)18/h3-8,19H,2H2,1H3. The van der Waals surface area contributed by atoms with Gasteiger partial charge in [-0.2, -0.15) is 0 Å². The van der Waals surface area contributed by atoms with Crippen molar-refractivity contribution >= 4 is 21.7 Å². The summed E-state index contributed by atoms with van der Waals surface area (Å²) in [7, 11) is -4.74. The number of anilines is 1. The lowest BCUT2D eigenvalue weighted by molar-refractivity contribution is 0.0526. The first kappa shape index (κ1) is 17.8. The molecule has 2 rings (SSSR count). The molecule has 0 radical (unpaired) electrons. The quantitative estimate of drug-likeness (QED) is 0.833. The van der Waals surface area contributed by atoms with Crippen LogP contribution in [0.25, 0.3) is 0 Å². The molecule has 0 saturated carbocycles. The minimum atomic E-state index is -4.74. The van der Waals surface area contributed by atoms with E-state index in [2.05, 4.69) is 0 Å². The summed E-state index contributed by atoms with van der Waals surface area (Å²) < 4.78 is 71.8. The minimum Gasteiger partial charge on any atom is -0.462 e. The lowest BCUT2D eigenvalue weighted by Crippen LogP contribution is -2.18. The Morgan fingerprint density at radius 2 is 1.71 bits per heavy atom. The van der Waals surface area contributed by atoms with E-state index in [4.69, 9.17) is 4.74 Å². The van der Waals surface area contributed by atoms with Crippen LogP contribution in [0.15, 0.2) is 41.3 Å². The summed E-state index contributed by atoms with van der Waals surface area (Å²) in [5.41, 5.74) is -0.756. The summed E-state index contributed by atoms with van der Waals surface area (Å²) in [6.07, 6.45) is 0. The molecule has 0 atom stereocenters. The van der Waals surface area contributed by atoms with Crippen LogP contribution in [0.2, 0.25) is 0 Å². The molecule has 0 heterocycles. The fourth-order valence-corrected chi connectivity index (χ4v) is 3.08. The number of nitrogens with one attached hydrogen (secondary N) is 1. The Bertz CT molecular complexity index is 864. The first-order valence-corrected chi connectivity index (χ1v) is 8.18. The fourth-order valence-electron chi connectivity index (χ4n) is 1.88. The van der Waals surface area contributed by atoms with Crippen molar-refractivity contribution in [3.8, 4) is 0 Å². The van der Waals surface area contributed by atoms with Gasteiger partial charge in [0.25, 0.3) is 10.0 Å². The average molecular weight is 359 g/mol. The second kappa shape index (κ2) is 6.91. The highest BCUT2D eigenvalue weighted by Gasteiger charge is 2.25. The smallest absolute Gasteiger partial charge is 0.338 e. The number of esters is 1. The van der Waals surface area contributed by atoms with Gasteiger partial charge in [-0.15, -0.1) is 0 Å². The summed E-state index contributed by atoms with van der Waals surface area (Å²) in [5, 5.41) is 0. The molecule has 0 fully saturated rings. The number of hydrogen-bond acceptors (Lipinski definition) is 4. The van der Waals surface area contributed by atoms with Crippen LogP contribution >= 0.6 is 0 Å². The molecule has 0 aromatic heterocycles. The number of rotatable bonds is 5. The van der Waals surface area contributed by atoms with E-state index >= 15 is 0 Å². The molecule has 0 unspecified atom stereocenters. The predicted octanol–water partition coefficient (Wildman–Crippen LogP) is 3.08. The highest BCUT2D eigenvalue weighted by molar-refractivity contribution is 7.92. The molecule has 0 aliphatic carbocycles. The molecule has 24 heavy (non-hydrogen) atoms. The highest BCUT2D eigenvalue weighted by Crippen LogP contribution is 2.24. The molecule has 0 aliphatic heterocycles. The zero-order chi connectivity index (χ0) is 17.9. The summed E-state index contributed by atoms with van der Waals surface area (Å²) in [4.78, 5) is 10.4. The molecule has 5 nitrogen and oxygen atoms in total. The third-order valence-corrected chi connectivity index (χ3v) is 4.33. The predicted molar refractivity (Wildman–Crippen MR) is 79.5 cm³/mol. The van der Waals surface area contributed by atoms with Gasteiger partial charge in [-0.25, -0.2) is 26.4 Å². The van der Waals surface area contributed by atoms with E-state index in [0.29, 0.717) is 0 Å². The van der Waals surface area contributed by atoms with Gasteiger partial charge < -0.3 is 4.74 Å². The molecule has 0 aliphatic rings. The number of halogens is 3. The van der Waals surface area contributed by atoms with Crippen molar-refractivity contribution in [1.82, 2.24) is 0 Å². The Labute approximate surface area is 136 Å². The van der Waals surface area contributed by atoms with Gasteiger partial charge in [-0.05, 0) is 37.3 Å². The lowest BCUT2D eigenvalue weighted by Gasteiger charge is -2.11. The van der Waals surface area contributed by atoms with Gasteiger partial charge in [-0.1, -0.05) is 6.07 Å². The Balaban J connectivity index is 2.43. The van der Waals surface area contributed by atoms with Gasteiger partial charge in [0.15, 0.2) is 4.90 Å². The van der Waals surface area contributed by atoms with E-state index in [-0.39, 0.29) is 12.2 Å². The Morgan fingerprint density at radius 1 is 1.08 bits per heavy atom. The second-order valence-electron chi connectivity index (χ2n) is 4.57. The summed E-state index contributed by atoms with van der Waals surface area (Å²) >= 11 is 0. The number of ether oxygens (including phenoxy) is 1. The summed E-state index contributed by atoms with van der Waals surface area (Å²) in [6, 6.07) is 5.30. The van der Waals surface area contributed by atoms with Gasteiger partial charge in [0.05, 0.1) is 17.9 Å². The summed E-state index contributed by atoms with van der Waals surface area (Å²) in [5.74, 6) is -4.48. The van der Waals surface area contributed by atoms with Crippen molar-refractivity contribution in [2.75, 3.05) is 11.3 Å². The number of carbonyl (C=O) groups excluding carboxylic acids is 1. The largest absolute Gasteiger partial charge is 0.462 e. The normalized spacial score (nSPS) is 11.2. The molecule has 0 amide bonds. The number of sulfonamides is 1. The van der Waals surface area contributed by atoms with Gasteiger partial charge in [0, 0.05) is 0 Å². The Kier molecular flexibility index (Phi) is 5.13. The van der Waals surface area contributed by atoms with Crippen LogP contribution in [0.3, 0.4) is 0 Å². The second-order valence-corrected chi connectivity index (χ2v) is 6.19. The molecule has 0 saturated heterocycles. The van der Waals surface area contributed by atoms with Crippen LogP contribution in [-0.2, 0) is 14.8 Å². The van der Waals surface area contributed by atoms with Crippen LogP contribution in [0.5, 0.6) is 0 Å². The van der Waals surface area contributed by atoms with Crippen LogP contribution in [-0.4, -0.2) is 21.0 Å². The van der Waals surface area contributed by atoms with E-state index in [1.165, 1.54) is 0 Å². The number of carbonyl (C=O) groups is 1. The maximum absolute atomic E-state index is 13.8. The maximum Gasteiger partial charge on any atom is 0.338 e. The monoisotopic (exact) mass is 359 g/mol. The van der Waals surface area contributed by atoms with Gasteiger partial charge in [-0.3, -0.25) is 4.72 Å². The van der Waals surface area contributed by atoms with Crippen molar-refractivity contribution in [2.45, 2.75) is 11.8 Å². The molecule has 0 spiro atoms. The van der Waals surface area contributed by atoms with E-state index in [9.17, 15) is 26.4 Å². The van der Waals surface area contributed by atoms with Crippen molar-refractivity contribution in [3.63, 3.8) is 0 Å². The van der Waals surface area contributed by atoms with Crippen molar-refractivity contribution in [1.29, 1.82) is 0 Å². The zero-order valence-corrected chi connectivity index (χ0v) is 13.2. The molecular formula is C15H12F3NO4S. The van der Waals surface area contributed by atoms with Gasteiger partial charge >= 0.3 is 5.97 Å². The highest BCUT2D eigenvalue weighted by atomic mass is 32.2. The molecular weight excluding hydrogens is 347 g/mol. The molecule has 2 aromatic carbocycles. The molecule has 1 N–H and O–H groups in total. The van der Waals surface area contributed by atoms with Gasteiger partial charge in [0.2, 0.25) is 0 Å². The topological polar surface area (TPSA) is 72.5 Å². The van der Waals surface area contributed by atoms with Crippen LogP contribution < -0.4 is 4.72 Å². The number of hydrogen-bond donors (Lipinski definition) is 1. The van der Waals surface area contributed by atoms with Crippen molar-refractivity contribution in [2.24, 2.45) is 0 Å². The van der Waals surface area contributed by atoms with E-state index in [1.54, 1.807) is 11.6 Å². The minimum absolute atomic E-state index is 0.0672. The SMILES string of the molecule is CCOC(=O)c1ccc(F)c(NS(=O)(=O)c2c(F)cccc2F)c1. The molecule has 2 aromatic rings. The van der Waals surface area contributed by atoms with E-state index < -0.39 is 44.0 Å². The van der Waals surface area contributed by atoms with E-state index in [0.717, 1.165) is 36.4 Å². The van der Waals surface area contributed by atoms with Gasteiger partial charge in [0.1, 0.15) is 17.5 Å². The summed E-state index contributed by atoms with van der Waals surface area (Å²) in [6.45, 7) is 1.63. The van der Waals surface area contributed by atoms with Crippen LogP contribution in [0.4, 0.5) is 18.9 Å². The van der Waals surface area contributed by atoms with E-state index in [1.807, 2.05) is 0 Å². The Morgan fingerprint density at radius 3 is 2.29 bits per heavy atom. The van der Waals surface area contributed by atoms with Crippen molar-refractivity contribution < 1.29 is 31.1 Å². The fraction of sp³-hybridized carbons (Fsp3) is 0.133. The first-order chi connectivity index (χ1) is 11.3. The average Bonchev–Trinajstić information content (AvgIpc) is 2.49. The first-order valence-electron chi connectivity index (χ1n) is 6.69. The lowest BCUT2D eigenvalue weighted by atomic mass is 10.2. The van der Waals surface area contributed by atoms with Crippen LogP contribution in [0, 0.1) is 17.5 Å². The molecule has 128 valence electrons. The number of benzene rings is 2. The third-order valence-electron chi connectivity index (χ3n) is 2.91. The molecule has 0 bridgehead atoms. The third kappa shape index (κ3) is 3.67. The van der Waals surface area contributed by atoms with Crippen LogP contribution in [0.1, 0.15) is 17.3 Å². The Hall–Kier alpha value is -2.55. The molecule has 9 heteroatoms. The maximum atomic E-state index is 13.8. The van der Waals surface area contributed by atoms with Crippen molar-refractivity contribution in [3.05, 3.63) is 59.4 Å².